The highest BCUT2D eigenvalue weighted by Gasteiger charge is 2.29. The van der Waals surface area contributed by atoms with Gasteiger partial charge in [-0.05, 0) is 30.4 Å². The van der Waals surface area contributed by atoms with Gasteiger partial charge < -0.3 is 4.90 Å². The summed E-state index contributed by atoms with van der Waals surface area (Å²) in [5.41, 5.74) is 3.71. The molecule has 126 valence electrons. The van der Waals surface area contributed by atoms with Crippen molar-refractivity contribution in [3.63, 3.8) is 0 Å². The van der Waals surface area contributed by atoms with Gasteiger partial charge in [-0.2, -0.15) is 5.10 Å². The number of benzene rings is 1. The average molecular weight is 324 g/mol. The summed E-state index contributed by atoms with van der Waals surface area (Å²) in [5.74, 6) is 0.108. The number of carbonyl (C=O) groups is 1. The van der Waals surface area contributed by atoms with Crippen LogP contribution in [-0.2, 0) is 19.9 Å². The lowest BCUT2D eigenvalue weighted by atomic mass is 9.87. The van der Waals surface area contributed by atoms with Crippen molar-refractivity contribution in [1.29, 1.82) is 0 Å². The molecule has 1 atom stereocenters. The molecular weight excluding hydrogens is 300 g/mol. The summed E-state index contributed by atoms with van der Waals surface area (Å²) < 4.78 is 1.68. The van der Waals surface area contributed by atoms with E-state index in [1.807, 2.05) is 11.9 Å². The van der Waals surface area contributed by atoms with Crippen molar-refractivity contribution >= 4 is 5.91 Å². The number of aromatic nitrogens is 2. The van der Waals surface area contributed by atoms with Crippen LogP contribution in [0.1, 0.15) is 27.9 Å². The third-order valence-corrected chi connectivity index (χ3v) is 5.39. The highest BCUT2D eigenvalue weighted by atomic mass is 16.2. The molecule has 1 aliphatic carbocycles. The van der Waals surface area contributed by atoms with E-state index in [0.717, 1.165) is 32.6 Å². The Morgan fingerprint density at radius 3 is 2.58 bits per heavy atom. The van der Waals surface area contributed by atoms with Crippen molar-refractivity contribution in [3.05, 3.63) is 53.3 Å². The van der Waals surface area contributed by atoms with Crippen LogP contribution < -0.4 is 0 Å². The normalized spacial score (nSPS) is 21.5. The zero-order valence-corrected chi connectivity index (χ0v) is 14.2. The maximum atomic E-state index is 12.5. The number of amides is 1. The van der Waals surface area contributed by atoms with Crippen molar-refractivity contribution < 1.29 is 4.79 Å². The molecule has 2 heterocycles. The largest absolute Gasteiger partial charge is 0.336 e. The molecule has 2 aliphatic rings. The van der Waals surface area contributed by atoms with Gasteiger partial charge in [-0.15, -0.1) is 0 Å². The van der Waals surface area contributed by atoms with E-state index in [0.29, 0.717) is 11.6 Å². The summed E-state index contributed by atoms with van der Waals surface area (Å²) in [6.45, 7) is 3.56. The first kappa shape index (κ1) is 15.4. The fourth-order valence-corrected chi connectivity index (χ4v) is 3.99. The van der Waals surface area contributed by atoms with Gasteiger partial charge in [0, 0.05) is 45.5 Å². The number of hydrogen-bond acceptors (Lipinski definition) is 3. The van der Waals surface area contributed by atoms with E-state index in [1.165, 1.54) is 24.0 Å². The number of nitrogens with zero attached hydrogens (tertiary/aromatic N) is 4. The lowest BCUT2D eigenvalue weighted by Gasteiger charge is -2.41. The first-order valence-corrected chi connectivity index (χ1v) is 8.79. The summed E-state index contributed by atoms with van der Waals surface area (Å²) in [5, 5.41) is 4.10. The van der Waals surface area contributed by atoms with Crippen LogP contribution in [0.5, 0.6) is 0 Å². The first-order valence-electron chi connectivity index (χ1n) is 8.79. The van der Waals surface area contributed by atoms with Gasteiger partial charge in [0.2, 0.25) is 0 Å². The zero-order chi connectivity index (χ0) is 16.5. The van der Waals surface area contributed by atoms with E-state index >= 15 is 0 Å². The lowest BCUT2D eigenvalue weighted by molar-refractivity contribution is 0.0553. The maximum Gasteiger partial charge on any atom is 0.257 e. The van der Waals surface area contributed by atoms with Crippen LogP contribution in [0.3, 0.4) is 0 Å². The monoisotopic (exact) mass is 324 g/mol. The molecule has 5 nitrogen and oxygen atoms in total. The Kier molecular flexibility index (Phi) is 4.10. The summed E-state index contributed by atoms with van der Waals surface area (Å²) >= 11 is 0. The van der Waals surface area contributed by atoms with Crippen LogP contribution >= 0.6 is 0 Å². The minimum absolute atomic E-state index is 0.108. The second-order valence-electron chi connectivity index (χ2n) is 6.90. The van der Waals surface area contributed by atoms with Crippen LogP contribution in [0.4, 0.5) is 0 Å². The molecule has 1 saturated heterocycles. The Bertz CT molecular complexity index is 730. The van der Waals surface area contributed by atoms with Crippen LogP contribution in [0, 0.1) is 0 Å². The van der Waals surface area contributed by atoms with Crippen molar-refractivity contribution in [2.45, 2.75) is 25.3 Å². The van der Waals surface area contributed by atoms with Crippen LogP contribution in [-0.4, -0.2) is 57.7 Å². The van der Waals surface area contributed by atoms with Gasteiger partial charge in [-0.3, -0.25) is 14.4 Å². The smallest absolute Gasteiger partial charge is 0.257 e. The zero-order valence-electron chi connectivity index (χ0n) is 14.2. The third kappa shape index (κ3) is 2.96. The van der Waals surface area contributed by atoms with E-state index in [2.05, 4.69) is 34.3 Å². The van der Waals surface area contributed by atoms with Crippen molar-refractivity contribution in [2.75, 3.05) is 26.2 Å². The number of rotatable bonds is 2. The van der Waals surface area contributed by atoms with Crippen molar-refractivity contribution in [2.24, 2.45) is 7.05 Å². The van der Waals surface area contributed by atoms with Crippen molar-refractivity contribution in [1.82, 2.24) is 19.6 Å². The number of aryl methyl sites for hydroxylation is 2. The summed E-state index contributed by atoms with van der Waals surface area (Å²) in [4.78, 5) is 17.0. The van der Waals surface area contributed by atoms with E-state index < -0.39 is 0 Å². The van der Waals surface area contributed by atoms with Gasteiger partial charge in [0.1, 0.15) is 0 Å². The molecular formula is C19H24N4O. The Balaban J connectivity index is 1.36. The number of fused-ring (bicyclic) bond motifs is 1. The Morgan fingerprint density at radius 2 is 1.88 bits per heavy atom. The highest BCUT2D eigenvalue weighted by molar-refractivity contribution is 5.93. The molecule has 0 spiro atoms. The second kappa shape index (κ2) is 6.40. The molecule has 2 aromatic rings. The molecule has 0 bridgehead atoms. The predicted octanol–water partition coefficient (Wildman–Crippen LogP) is 1.74. The molecule has 24 heavy (non-hydrogen) atoms. The first-order chi connectivity index (χ1) is 11.7. The lowest BCUT2D eigenvalue weighted by Crippen LogP contribution is -2.53. The predicted molar refractivity (Wildman–Crippen MR) is 92.9 cm³/mol. The van der Waals surface area contributed by atoms with E-state index in [1.54, 1.807) is 17.1 Å². The maximum absolute atomic E-state index is 12.5. The minimum atomic E-state index is 0.108. The summed E-state index contributed by atoms with van der Waals surface area (Å²) in [6, 6.07) is 9.43. The molecule has 0 unspecified atom stereocenters. The minimum Gasteiger partial charge on any atom is -0.336 e. The van der Waals surface area contributed by atoms with Gasteiger partial charge in [0.05, 0.1) is 11.8 Å². The third-order valence-electron chi connectivity index (χ3n) is 5.39. The van der Waals surface area contributed by atoms with Crippen LogP contribution in [0.2, 0.25) is 0 Å². The standard InChI is InChI=1S/C19H24N4O/c1-21-14-17(13-20-21)19(24)23-10-8-22(9-11-23)18-7-6-15-4-2-3-5-16(15)12-18/h2-5,13-14,18H,6-12H2,1H3/t18-/m1/s1. The molecule has 1 aliphatic heterocycles. The summed E-state index contributed by atoms with van der Waals surface area (Å²) in [7, 11) is 1.84. The average Bonchev–Trinajstić information content (AvgIpc) is 3.07. The van der Waals surface area contributed by atoms with E-state index in [9.17, 15) is 4.79 Å². The molecule has 0 N–H and O–H groups in total. The van der Waals surface area contributed by atoms with Crippen LogP contribution in [0.25, 0.3) is 0 Å². The van der Waals surface area contributed by atoms with Gasteiger partial charge in [-0.1, -0.05) is 24.3 Å². The second-order valence-corrected chi connectivity index (χ2v) is 6.90. The Morgan fingerprint density at radius 1 is 1.12 bits per heavy atom. The Hall–Kier alpha value is -2.14. The molecule has 1 amide bonds. The van der Waals surface area contributed by atoms with Gasteiger partial charge in [0.15, 0.2) is 0 Å². The van der Waals surface area contributed by atoms with Gasteiger partial charge in [-0.25, -0.2) is 0 Å². The molecule has 1 aromatic heterocycles. The number of hydrogen-bond donors (Lipinski definition) is 0. The van der Waals surface area contributed by atoms with Crippen LogP contribution in [0.15, 0.2) is 36.7 Å². The number of piperazine rings is 1. The summed E-state index contributed by atoms with van der Waals surface area (Å²) in [6.07, 6.45) is 7.01. The van der Waals surface area contributed by atoms with E-state index in [4.69, 9.17) is 0 Å². The molecule has 4 rings (SSSR count). The fraction of sp³-hybridized carbons (Fsp3) is 0.474. The van der Waals surface area contributed by atoms with Gasteiger partial charge in [0.25, 0.3) is 5.91 Å². The fourth-order valence-electron chi connectivity index (χ4n) is 3.99. The molecule has 0 saturated carbocycles. The SMILES string of the molecule is Cn1cc(C(=O)N2CCN([C@@H]3CCc4ccccc4C3)CC2)cn1. The molecule has 0 radical (unpaired) electrons. The molecule has 1 fully saturated rings. The quantitative estimate of drug-likeness (QED) is 0.845. The highest BCUT2D eigenvalue weighted by Crippen LogP contribution is 2.25. The molecule has 1 aromatic carbocycles. The van der Waals surface area contributed by atoms with Gasteiger partial charge >= 0.3 is 0 Å². The Labute approximate surface area is 142 Å². The van der Waals surface area contributed by atoms with E-state index in [-0.39, 0.29) is 5.91 Å². The topological polar surface area (TPSA) is 41.4 Å². The number of carbonyl (C=O) groups excluding carboxylic acids is 1. The van der Waals surface area contributed by atoms with Crippen molar-refractivity contribution in [3.8, 4) is 0 Å². The molecule has 5 heteroatoms.